The van der Waals surface area contributed by atoms with Gasteiger partial charge in [-0.3, -0.25) is 14.2 Å². The van der Waals surface area contributed by atoms with E-state index in [1.54, 1.807) is 23.0 Å². The van der Waals surface area contributed by atoms with Crippen molar-refractivity contribution >= 4 is 28.7 Å². The summed E-state index contributed by atoms with van der Waals surface area (Å²) in [4.78, 5) is 33.1. The first-order chi connectivity index (χ1) is 14.0. The normalized spacial score (nSPS) is 11.1. The highest BCUT2D eigenvalue weighted by molar-refractivity contribution is 7.99. The van der Waals surface area contributed by atoms with Crippen molar-refractivity contribution in [2.45, 2.75) is 25.5 Å². The average molecular weight is 408 g/mol. The van der Waals surface area contributed by atoms with Crippen LogP contribution in [0.3, 0.4) is 0 Å². The van der Waals surface area contributed by atoms with Crippen LogP contribution in [0.5, 0.6) is 0 Å². The number of rotatable bonds is 6. The number of furan rings is 1. The van der Waals surface area contributed by atoms with E-state index >= 15 is 0 Å². The largest absolute Gasteiger partial charge is 0.467 e. The smallest absolute Gasteiger partial charge is 0.283 e. The lowest BCUT2D eigenvalue weighted by atomic mass is 10.2. The molecule has 7 nitrogen and oxygen atoms in total. The van der Waals surface area contributed by atoms with E-state index < -0.39 is 0 Å². The number of thioether (sulfide) groups is 1. The fourth-order valence-electron chi connectivity index (χ4n) is 2.98. The van der Waals surface area contributed by atoms with Crippen LogP contribution < -0.4 is 10.9 Å². The van der Waals surface area contributed by atoms with Gasteiger partial charge in [0.25, 0.3) is 5.56 Å². The van der Waals surface area contributed by atoms with E-state index in [9.17, 15) is 9.59 Å². The molecule has 0 radical (unpaired) electrons. The molecule has 0 aliphatic rings. The molecule has 4 rings (SSSR count). The van der Waals surface area contributed by atoms with Crippen LogP contribution in [-0.4, -0.2) is 26.2 Å². The zero-order valence-corrected chi connectivity index (χ0v) is 16.9. The number of nitrogens with zero attached hydrogens (tertiary/aromatic N) is 2. The second kappa shape index (κ2) is 8.00. The molecule has 1 amide bonds. The van der Waals surface area contributed by atoms with Crippen molar-refractivity contribution in [1.29, 1.82) is 0 Å². The second-order valence-electron chi connectivity index (χ2n) is 6.73. The number of carbonyl (C=O) groups is 1. The lowest BCUT2D eigenvalue weighted by molar-refractivity contribution is -0.118. The molecular formula is C21H20N4O3S. The number of fused-ring (bicyclic) bond motifs is 1. The maximum Gasteiger partial charge on any atom is 0.283 e. The Kier molecular flexibility index (Phi) is 5.26. The van der Waals surface area contributed by atoms with Gasteiger partial charge in [-0.1, -0.05) is 29.5 Å². The number of aromatic amines is 1. The van der Waals surface area contributed by atoms with Gasteiger partial charge in [-0.15, -0.1) is 0 Å². The van der Waals surface area contributed by atoms with Crippen LogP contribution in [0, 0.1) is 13.8 Å². The molecule has 3 aromatic heterocycles. The highest BCUT2D eigenvalue weighted by Crippen LogP contribution is 2.22. The zero-order chi connectivity index (χ0) is 20.4. The summed E-state index contributed by atoms with van der Waals surface area (Å²) < 4.78 is 6.76. The van der Waals surface area contributed by atoms with Crippen LogP contribution in [0.4, 0.5) is 0 Å². The van der Waals surface area contributed by atoms with Crippen LogP contribution in [0.15, 0.2) is 63.1 Å². The van der Waals surface area contributed by atoms with Crippen molar-refractivity contribution in [3.8, 4) is 5.69 Å². The molecule has 0 aliphatic carbocycles. The van der Waals surface area contributed by atoms with Gasteiger partial charge in [-0.2, -0.15) is 0 Å². The molecule has 3 heterocycles. The summed E-state index contributed by atoms with van der Waals surface area (Å²) in [5, 5.41) is 3.27. The second-order valence-corrected chi connectivity index (χ2v) is 7.67. The summed E-state index contributed by atoms with van der Waals surface area (Å²) in [6, 6.07) is 13.0. The molecule has 0 atom stereocenters. The Labute approximate surface area is 171 Å². The quantitative estimate of drug-likeness (QED) is 0.377. The molecule has 0 unspecified atom stereocenters. The van der Waals surface area contributed by atoms with Gasteiger partial charge in [0.15, 0.2) is 5.16 Å². The summed E-state index contributed by atoms with van der Waals surface area (Å²) >= 11 is 1.22. The monoisotopic (exact) mass is 408 g/mol. The Morgan fingerprint density at radius 2 is 2.03 bits per heavy atom. The topological polar surface area (TPSA) is 92.9 Å². The molecule has 0 spiro atoms. The van der Waals surface area contributed by atoms with Crippen LogP contribution >= 0.6 is 11.8 Å². The first-order valence-electron chi connectivity index (χ1n) is 9.12. The Morgan fingerprint density at radius 3 is 2.76 bits per heavy atom. The van der Waals surface area contributed by atoms with Gasteiger partial charge >= 0.3 is 0 Å². The molecule has 8 heteroatoms. The SMILES string of the molecule is Cc1ccc(-n2c(SCC(=O)NCc3ccco3)nc3cc(C)[nH]c3c2=O)cc1. The van der Waals surface area contributed by atoms with Gasteiger partial charge < -0.3 is 14.7 Å². The Morgan fingerprint density at radius 1 is 1.24 bits per heavy atom. The number of aromatic nitrogens is 3. The van der Waals surface area contributed by atoms with E-state index in [0.717, 1.165) is 11.3 Å². The van der Waals surface area contributed by atoms with Gasteiger partial charge in [0.05, 0.1) is 29.8 Å². The molecule has 4 aromatic rings. The summed E-state index contributed by atoms with van der Waals surface area (Å²) in [5.41, 5.74) is 3.52. The lowest BCUT2D eigenvalue weighted by Gasteiger charge is -2.12. The van der Waals surface area contributed by atoms with Gasteiger partial charge in [0, 0.05) is 5.69 Å². The number of nitrogens with one attached hydrogen (secondary N) is 2. The van der Waals surface area contributed by atoms with Crippen molar-refractivity contribution < 1.29 is 9.21 Å². The van der Waals surface area contributed by atoms with E-state index in [2.05, 4.69) is 15.3 Å². The van der Waals surface area contributed by atoms with Crippen LogP contribution in [0.1, 0.15) is 17.0 Å². The molecule has 29 heavy (non-hydrogen) atoms. The number of hydrogen-bond acceptors (Lipinski definition) is 5. The zero-order valence-electron chi connectivity index (χ0n) is 16.1. The number of benzene rings is 1. The molecule has 0 aliphatic heterocycles. The van der Waals surface area contributed by atoms with Crippen LogP contribution in [0.25, 0.3) is 16.7 Å². The molecule has 148 valence electrons. The number of amides is 1. The minimum absolute atomic E-state index is 0.133. The van der Waals surface area contributed by atoms with Crippen molar-refractivity contribution in [2.24, 2.45) is 0 Å². The van der Waals surface area contributed by atoms with Crippen molar-refractivity contribution in [3.63, 3.8) is 0 Å². The third-order valence-electron chi connectivity index (χ3n) is 4.42. The average Bonchev–Trinajstić information content (AvgIpc) is 3.35. The van der Waals surface area contributed by atoms with E-state index in [1.807, 2.05) is 44.2 Å². The van der Waals surface area contributed by atoms with E-state index in [4.69, 9.17) is 4.42 Å². The van der Waals surface area contributed by atoms with E-state index in [-0.39, 0.29) is 17.2 Å². The predicted molar refractivity (Wildman–Crippen MR) is 112 cm³/mol. The molecule has 0 saturated carbocycles. The van der Waals surface area contributed by atoms with Gasteiger partial charge in [-0.25, -0.2) is 4.98 Å². The maximum atomic E-state index is 13.1. The first-order valence-corrected chi connectivity index (χ1v) is 10.1. The minimum atomic E-state index is -0.189. The van der Waals surface area contributed by atoms with E-state index in [0.29, 0.717) is 34.2 Å². The Hall–Kier alpha value is -3.26. The molecular weight excluding hydrogens is 388 g/mol. The summed E-state index contributed by atoms with van der Waals surface area (Å²) in [7, 11) is 0. The summed E-state index contributed by atoms with van der Waals surface area (Å²) in [5.74, 6) is 0.650. The minimum Gasteiger partial charge on any atom is -0.467 e. The first kappa shape index (κ1) is 19.1. The van der Waals surface area contributed by atoms with Gasteiger partial charge in [0.2, 0.25) is 5.91 Å². The summed E-state index contributed by atoms with van der Waals surface area (Å²) in [6.45, 7) is 4.19. The molecule has 2 N–H and O–H groups in total. The predicted octanol–water partition coefficient (Wildman–Crippen LogP) is 3.33. The highest BCUT2D eigenvalue weighted by Gasteiger charge is 2.16. The Balaban J connectivity index is 1.63. The molecule has 0 bridgehead atoms. The fourth-order valence-corrected chi connectivity index (χ4v) is 3.82. The van der Waals surface area contributed by atoms with Crippen LogP contribution in [0.2, 0.25) is 0 Å². The molecule has 0 fully saturated rings. The van der Waals surface area contributed by atoms with Gasteiger partial charge in [0.1, 0.15) is 11.3 Å². The number of H-pyrrole nitrogens is 1. The third kappa shape index (κ3) is 4.12. The lowest BCUT2D eigenvalue weighted by Crippen LogP contribution is -2.26. The third-order valence-corrected chi connectivity index (χ3v) is 5.36. The highest BCUT2D eigenvalue weighted by atomic mass is 32.2. The number of carbonyl (C=O) groups excluding carboxylic acids is 1. The van der Waals surface area contributed by atoms with Gasteiger partial charge in [-0.05, 0) is 44.2 Å². The van der Waals surface area contributed by atoms with E-state index in [1.165, 1.54) is 11.8 Å². The number of hydrogen-bond donors (Lipinski definition) is 2. The fraction of sp³-hybridized carbons (Fsp3) is 0.190. The molecule has 1 aromatic carbocycles. The van der Waals surface area contributed by atoms with Crippen molar-refractivity contribution in [1.82, 2.24) is 19.9 Å². The number of aryl methyl sites for hydroxylation is 2. The van der Waals surface area contributed by atoms with Crippen LogP contribution in [-0.2, 0) is 11.3 Å². The standard InChI is InChI=1S/C21H20N4O3S/c1-13-5-7-15(8-6-13)25-20(27)19-17(10-14(2)23-19)24-21(25)29-12-18(26)22-11-16-4-3-9-28-16/h3-10,23H,11-12H2,1-2H3,(H,22,26). The van der Waals surface area contributed by atoms with Crippen molar-refractivity contribution in [2.75, 3.05) is 5.75 Å². The van der Waals surface area contributed by atoms with Crippen molar-refractivity contribution in [3.05, 3.63) is 76.1 Å². The Bertz CT molecular complexity index is 1210. The molecule has 0 saturated heterocycles. The summed E-state index contributed by atoms with van der Waals surface area (Å²) in [6.07, 6.45) is 1.56. The maximum absolute atomic E-state index is 13.1.